The van der Waals surface area contributed by atoms with Crippen molar-refractivity contribution in [3.63, 3.8) is 0 Å². The van der Waals surface area contributed by atoms with Crippen molar-refractivity contribution in [1.82, 2.24) is 13.7 Å². The number of aryl methyl sites for hydroxylation is 2. The smallest absolute Gasteiger partial charge is 0.243 e. The molecule has 1 aromatic heterocycles. The fraction of sp³-hybridized carbons (Fsp3) is 0.500. The number of aromatic nitrogens is 2. The number of hydrogen-bond donors (Lipinski definition) is 0. The summed E-state index contributed by atoms with van der Waals surface area (Å²) < 4.78 is 37.0. The second kappa shape index (κ2) is 7.27. The minimum atomic E-state index is -3.52. The molecule has 0 atom stereocenters. The summed E-state index contributed by atoms with van der Waals surface area (Å²) in [6.45, 7) is 5.99. The minimum Gasteiger partial charge on any atom is -0.497 e. The number of sulfonamides is 1. The summed E-state index contributed by atoms with van der Waals surface area (Å²) in [4.78, 5) is 6.86. The molecule has 136 valence electrons. The number of methoxy groups -OCH3 is 1. The van der Waals surface area contributed by atoms with Gasteiger partial charge in [-0.1, -0.05) is 0 Å². The maximum atomic E-state index is 13.0. The number of hydrogen-bond acceptors (Lipinski definition) is 7. The Morgan fingerprint density at radius 3 is 2.60 bits per heavy atom. The minimum absolute atomic E-state index is 0.341. The molecule has 1 aliphatic rings. The fourth-order valence-electron chi connectivity index (χ4n) is 2.92. The van der Waals surface area contributed by atoms with Crippen LogP contribution in [0.3, 0.4) is 0 Å². The van der Waals surface area contributed by atoms with Gasteiger partial charge in [0.2, 0.25) is 15.2 Å². The molecule has 1 fully saturated rings. The number of benzene rings is 1. The molecule has 0 saturated carbocycles. The Morgan fingerprint density at radius 2 is 1.96 bits per heavy atom. The van der Waals surface area contributed by atoms with Gasteiger partial charge in [0.25, 0.3) is 0 Å². The summed E-state index contributed by atoms with van der Waals surface area (Å²) in [5, 5.41) is 0.859. The molecule has 0 N–H and O–H groups in total. The highest BCUT2D eigenvalue weighted by Crippen LogP contribution is 2.26. The van der Waals surface area contributed by atoms with Crippen LogP contribution in [0.25, 0.3) is 0 Å². The molecular formula is C16H22N4O3S2. The lowest BCUT2D eigenvalue weighted by molar-refractivity contribution is 0.413. The SMILES string of the molecule is COc1ccc(S(=O)(=O)N2CCCN(c3nc(C)ns3)CC2)c(C)c1. The molecule has 1 aliphatic heterocycles. The van der Waals surface area contributed by atoms with Crippen molar-refractivity contribution < 1.29 is 13.2 Å². The highest BCUT2D eigenvalue weighted by atomic mass is 32.2. The molecule has 2 aromatic rings. The van der Waals surface area contributed by atoms with E-state index in [4.69, 9.17) is 4.74 Å². The Balaban J connectivity index is 1.79. The first kappa shape index (κ1) is 18.1. The maximum absolute atomic E-state index is 13.0. The molecule has 2 heterocycles. The van der Waals surface area contributed by atoms with Crippen LogP contribution in [0.4, 0.5) is 5.13 Å². The van der Waals surface area contributed by atoms with Gasteiger partial charge in [-0.05, 0) is 44.0 Å². The summed E-state index contributed by atoms with van der Waals surface area (Å²) >= 11 is 1.36. The summed E-state index contributed by atoms with van der Waals surface area (Å²) in [5.74, 6) is 1.41. The fourth-order valence-corrected chi connectivity index (χ4v) is 5.32. The largest absolute Gasteiger partial charge is 0.497 e. The summed E-state index contributed by atoms with van der Waals surface area (Å²) in [6.07, 6.45) is 0.757. The average Bonchev–Trinajstić information content (AvgIpc) is 2.86. The number of rotatable bonds is 4. The highest BCUT2D eigenvalue weighted by molar-refractivity contribution is 7.89. The Kier molecular flexibility index (Phi) is 5.26. The number of nitrogens with zero attached hydrogens (tertiary/aromatic N) is 4. The molecule has 3 rings (SSSR count). The van der Waals surface area contributed by atoms with Crippen LogP contribution in [0.15, 0.2) is 23.1 Å². The second-order valence-corrected chi connectivity index (χ2v) is 8.64. The van der Waals surface area contributed by atoms with Crippen LogP contribution in [0.2, 0.25) is 0 Å². The van der Waals surface area contributed by atoms with Gasteiger partial charge in [0, 0.05) is 37.7 Å². The van der Waals surface area contributed by atoms with Crippen molar-refractivity contribution in [3.05, 3.63) is 29.6 Å². The average molecular weight is 383 g/mol. The molecule has 0 spiro atoms. The van der Waals surface area contributed by atoms with Crippen LogP contribution in [0.1, 0.15) is 17.8 Å². The first-order valence-corrected chi connectivity index (χ1v) is 10.3. The predicted octanol–water partition coefficient (Wildman–Crippen LogP) is 2.06. The van der Waals surface area contributed by atoms with E-state index in [1.807, 2.05) is 6.92 Å². The summed E-state index contributed by atoms with van der Waals surface area (Å²) in [6, 6.07) is 5.06. The van der Waals surface area contributed by atoms with Crippen LogP contribution in [-0.4, -0.2) is 55.4 Å². The lowest BCUT2D eigenvalue weighted by Crippen LogP contribution is -2.35. The molecule has 0 aliphatic carbocycles. The molecule has 0 radical (unpaired) electrons. The van der Waals surface area contributed by atoms with E-state index in [-0.39, 0.29) is 0 Å². The Labute approximate surface area is 152 Å². The molecule has 0 amide bonds. The van der Waals surface area contributed by atoms with E-state index in [2.05, 4.69) is 14.3 Å². The van der Waals surface area contributed by atoms with Crippen molar-refractivity contribution in [2.75, 3.05) is 38.2 Å². The Bertz CT molecular complexity index is 851. The maximum Gasteiger partial charge on any atom is 0.243 e. The first-order chi connectivity index (χ1) is 11.9. The highest BCUT2D eigenvalue weighted by Gasteiger charge is 2.29. The summed E-state index contributed by atoms with van der Waals surface area (Å²) in [7, 11) is -1.95. The van der Waals surface area contributed by atoms with Gasteiger partial charge >= 0.3 is 0 Å². The number of ether oxygens (including phenoxy) is 1. The quantitative estimate of drug-likeness (QED) is 0.806. The second-order valence-electron chi connectivity index (χ2n) is 6.00. The zero-order valence-electron chi connectivity index (χ0n) is 14.6. The molecule has 0 bridgehead atoms. The van der Waals surface area contributed by atoms with Crippen molar-refractivity contribution in [1.29, 1.82) is 0 Å². The molecule has 9 heteroatoms. The molecular weight excluding hydrogens is 360 g/mol. The van der Waals surface area contributed by atoms with Gasteiger partial charge in [-0.2, -0.15) is 8.68 Å². The van der Waals surface area contributed by atoms with Gasteiger partial charge in [0.1, 0.15) is 11.6 Å². The van der Waals surface area contributed by atoms with Gasteiger partial charge < -0.3 is 9.64 Å². The van der Waals surface area contributed by atoms with E-state index < -0.39 is 10.0 Å². The number of anilines is 1. The third kappa shape index (κ3) is 3.78. The lowest BCUT2D eigenvalue weighted by atomic mass is 10.2. The van der Waals surface area contributed by atoms with Crippen LogP contribution in [-0.2, 0) is 10.0 Å². The normalized spacial score (nSPS) is 16.7. The molecule has 7 nitrogen and oxygen atoms in total. The Morgan fingerprint density at radius 1 is 1.16 bits per heavy atom. The van der Waals surface area contributed by atoms with Crippen LogP contribution >= 0.6 is 11.5 Å². The molecule has 25 heavy (non-hydrogen) atoms. The molecule has 0 unspecified atom stereocenters. The van der Waals surface area contributed by atoms with E-state index in [1.165, 1.54) is 11.5 Å². The molecule has 1 aromatic carbocycles. The lowest BCUT2D eigenvalue weighted by Gasteiger charge is -2.22. The molecule has 1 saturated heterocycles. The van der Waals surface area contributed by atoms with Gasteiger partial charge in [0.05, 0.1) is 12.0 Å². The van der Waals surface area contributed by atoms with Gasteiger partial charge in [-0.25, -0.2) is 13.4 Å². The first-order valence-electron chi connectivity index (χ1n) is 8.12. The van der Waals surface area contributed by atoms with Gasteiger partial charge in [-0.3, -0.25) is 0 Å². The van der Waals surface area contributed by atoms with E-state index in [0.29, 0.717) is 35.8 Å². The topological polar surface area (TPSA) is 75.6 Å². The van der Waals surface area contributed by atoms with Gasteiger partial charge in [-0.15, -0.1) is 0 Å². The van der Waals surface area contributed by atoms with E-state index >= 15 is 0 Å². The van der Waals surface area contributed by atoms with E-state index in [0.717, 1.165) is 23.9 Å². The van der Waals surface area contributed by atoms with Crippen LogP contribution < -0.4 is 9.64 Å². The van der Waals surface area contributed by atoms with Crippen LogP contribution in [0, 0.1) is 13.8 Å². The monoisotopic (exact) mass is 382 g/mol. The van der Waals surface area contributed by atoms with Crippen molar-refractivity contribution in [2.24, 2.45) is 0 Å². The Hall–Kier alpha value is -1.71. The van der Waals surface area contributed by atoms with Crippen molar-refractivity contribution >= 4 is 26.7 Å². The van der Waals surface area contributed by atoms with E-state index in [9.17, 15) is 8.42 Å². The van der Waals surface area contributed by atoms with Gasteiger partial charge in [0.15, 0.2) is 0 Å². The third-order valence-electron chi connectivity index (χ3n) is 4.24. The van der Waals surface area contributed by atoms with E-state index in [1.54, 1.807) is 36.5 Å². The third-order valence-corrected chi connectivity index (χ3v) is 7.17. The predicted molar refractivity (Wildman–Crippen MR) is 98.0 cm³/mol. The van der Waals surface area contributed by atoms with Crippen LogP contribution in [0.5, 0.6) is 5.75 Å². The summed E-state index contributed by atoms with van der Waals surface area (Å²) in [5.41, 5.74) is 0.695. The van der Waals surface area contributed by atoms with Crippen molar-refractivity contribution in [2.45, 2.75) is 25.2 Å². The standard InChI is InChI=1S/C16H22N4O3S2/c1-12-11-14(23-3)5-6-15(12)25(21,22)20-8-4-7-19(9-10-20)16-17-13(2)18-24-16/h5-6,11H,4,7-10H2,1-3H3. The van der Waals surface area contributed by atoms with Crippen molar-refractivity contribution in [3.8, 4) is 5.75 Å². The zero-order valence-corrected chi connectivity index (χ0v) is 16.2. The zero-order chi connectivity index (χ0) is 18.0.